The lowest BCUT2D eigenvalue weighted by Crippen LogP contribution is -2.48. The predicted molar refractivity (Wildman–Crippen MR) is 122 cm³/mol. The van der Waals surface area contributed by atoms with E-state index in [2.05, 4.69) is 19.9 Å². The Labute approximate surface area is 187 Å². The standard InChI is InChI=1S/C22H20FN5OS2/c1-14-19(30-18(25-14)13-15-4-6-16(23)7-5-15)21(29)27-9-11-28(12-10-27)22-26-17-3-2-8-24-20(17)31-22/h2-8H,9-13H2,1H3. The van der Waals surface area contributed by atoms with Gasteiger partial charge in [0.1, 0.15) is 21.0 Å². The lowest BCUT2D eigenvalue weighted by atomic mass is 10.1. The first kappa shape index (κ1) is 20.0. The van der Waals surface area contributed by atoms with Gasteiger partial charge in [-0.25, -0.2) is 19.3 Å². The molecule has 4 aromatic rings. The topological polar surface area (TPSA) is 62.2 Å². The van der Waals surface area contributed by atoms with Gasteiger partial charge in [-0.15, -0.1) is 11.3 Å². The molecule has 0 aliphatic carbocycles. The zero-order valence-electron chi connectivity index (χ0n) is 16.9. The average Bonchev–Trinajstić information content (AvgIpc) is 3.38. The molecular formula is C22H20FN5OS2. The van der Waals surface area contributed by atoms with Gasteiger partial charge in [0.05, 0.1) is 10.7 Å². The Hall–Kier alpha value is -2.91. The number of fused-ring (bicyclic) bond motifs is 1. The molecule has 0 bridgehead atoms. The fraction of sp³-hybridized carbons (Fsp3) is 0.273. The maximum absolute atomic E-state index is 13.1. The molecule has 0 saturated carbocycles. The molecule has 0 N–H and O–H groups in total. The molecule has 1 amide bonds. The molecule has 4 heterocycles. The van der Waals surface area contributed by atoms with Crippen LogP contribution in [0.3, 0.4) is 0 Å². The smallest absolute Gasteiger partial charge is 0.265 e. The number of amides is 1. The molecule has 31 heavy (non-hydrogen) atoms. The molecule has 6 nitrogen and oxygen atoms in total. The van der Waals surface area contributed by atoms with Gasteiger partial charge in [0, 0.05) is 38.8 Å². The minimum atomic E-state index is -0.254. The van der Waals surface area contributed by atoms with E-state index >= 15 is 0 Å². The van der Waals surface area contributed by atoms with Crippen molar-refractivity contribution < 1.29 is 9.18 Å². The number of benzene rings is 1. The van der Waals surface area contributed by atoms with Gasteiger partial charge in [0.25, 0.3) is 5.91 Å². The van der Waals surface area contributed by atoms with Crippen molar-refractivity contribution in [3.63, 3.8) is 0 Å². The lowest BCUT2D eigenvalue weighted by Gasteiger charge is -2.34. The number of hydrogen-bond acceptors (Lipinski definition) is 7. The van der Waals surface area contributed by atoms with Crippen molar-refractivity contribution in [3.8, 4) is 0 Å². The molecule has 5 rings (SSSR count). The second-order valence-electron chi connectivity index (χ2n) is 7.43. The Morgan fingerprint density at radius 2 is 1.84 bits per heavy atom. The highest BCUT2D eigenvalue weighted by atomic mass is 32.1. The van der Waals surface area contributed by atoms with E-state index in [-0.39, 0.29) is 11.7 Å². The Bertz CT molecular complexity index is 1200. The van der Waals surface area contributed by atoms with Gasteiger partial charge in [0.15, 0.2) is 5.13 Å². The maximum Gasteiger partial charge on any atom is 0.265 e. The van der Waals surface area contributed by atoms with Gasteiger partial charge < -0.3 is 9.80 Å². The average molecular weight is 454 g/mol. The molecule has 1 aromatic carbocycles. The number of aromatic nitrogens is 3. The summed E-state index contributed by atoms with van der Waals surface area (Å²) in [5.74, 6) is -0.220. The third kappa shape index (κ3) is 4.15. The monoisotopic (exact) mass is 453 g/mol. The number of thiazole rings is 2. The van der Waals surface area contributed by atoms with Crippen LogP contribution in [0.25, 0.3) is 10.3 Å². The summed E-state index contributed by atoms with van der Waals surface area (Å²) in [5.41, 5.74) is 2.65. The number of carbonyl (C=O) groups is 1. The molecule has 0 radical (unpaired) electrons. The molecule has 0 spiro atoms. The number of aryl methyl sites for hydroxylation is 1. The van der Waals surface area contributed by atoms with Crippen LogP contribution in [0.2, 0.25) is 0 Å². The van der Waals surface area contributed by atoms with E-state index in [1.54, 1.807) is 29.7 Å². The van der Waals surface area contributed by atoms with Crippen molar-refractivity contribution in [1.82, 2.24) is 19.9 Å². The molecule has 0 atom stereocenters. The van der Waals surface area contributed by atoms with E-state index in [9.17, 15) is 9.18 Å². The van der Waals surface area contributed by atoms with Crippen LogP contribution in [0.15, 0.2) is 42.6 Å². The Balaban J connectivity index is 1.25. The van der Waals surface area contributed by atoms with Crippen molar-refractivity contribution >= 4 is 44.1 Å². The first-order chi connectivity index (χ1) is 15.1. The van der Waals surface area contributed by atoms with E-state index in [0.29, 0.717) is 24.4 Å². The highest BCUT2D eigenvalue weighted by molar-refractivity contribution is 7.21. The zero-order valence-corrected chi connectivity index (χ0v) is 18.5. The highest BCUT2D eigenvalue weighted by Crippen LogP contribution is 2.28. The van der Waals surface area contributed by atoms with Crippen molar-refractivity contribution in [3.05, 3.63) is 69.6 Å². The van der Waals surface area contributed by atoms with Gasteiger partial charge >= 0.3 is 0 Å². The first-order valence-corrected chi connectivity index (χ1v) is 11.7. The number of anilines is 1. The van der Waals surface area contributed by atoms with E-state index < -0.39 is 0 Å². The van der Waals surface area contributed by atoms with Crippen LogP contribution in [-0.4, -0.2) is 51.9 Å². The SMILES string of the molecule is Cc1nc(Cc2ccc(F)cc2)sc1C(=O)N1CCN(c2nc3cccnc3s2)CC1. The van der Waals surface area contributed by atoms with Crippen LogP contribution in [0.4, 0.5) is 9.52 Å². The van der Waals surface area contributed by atoms with Crippen molar-refractivity contribution in [1.29, 1.82) is 0 Å². The Morgan fingerprint density at radius 3 is 2.58 bits per heavy atom. The minimum absolute atomic E-state index is 0.0333. The van der Waals surface area contributed by atoms with Crippen LogP contribution in [0.1, 0.15) is 25.9 Å². The summed E-state index contributed by atoms with van der Waals surface area (Å²) < 4.78 is 13.1. The molecule has 0 unspecified atom stereocenters. The molecular weight excluding hydrogens is 433 g/mol. The van der Waals surface area contributed by atoms with Crippen LogP contribution >= 0.6 is 22.7 Å². The van der Waals surface area contributed by atoms with Crippen LogP contribution in [-0.2, 0) is 6.42 Å². The molecule has 9 heteroatoms. The number of rotatable bonds is 4. The summed E-state index contributed by atoms with van der Waals surface area (Å²) in [6, 6.07) is 10.3. The van der Waals surface area contributed by atoms with Gasteiger partial charge in [0.2, 0.25) is 0 Å². The van der Waals surface area contributed by atoms with Crippen molar-refractivity contribution in [2.45, 2.75) is 13.3 Å². The zero-order chi connectivity index (χ0) is 21.4. The lowest BCUT2D eigenvalue weighted by molar-refractivity contribution is 0.0750. The van der Waals surface area contributed by atoms with Crippen molar-refractivity contribution in [2.24, 2.45) is 0 Å². The molecule has 3 aromatic heterocycles. The summed E-state index contributed by atoms with van der Waals surface area (Å²) in [6.07, 6.45) is 2.38. The number of piperazine rings is 1. The van der Waals surface area contributed by atoms with Crippen LogP contribution < -0.4 is 4.90 Å². The van der Waals surface area contributed by atoms with Gasteiger partial charge in [-0.2, -0.15) is 0 Å². The predicted octanol–water partition coefficient (Wildman–Crippen LogP) is 4.15. The summed E-state index contributed by atoms with van der Waals surface area (Å²) in [5, 5.41) is 1.82. The molecule has 158 valence electrons. The maximum atomic E-state index is 13.1. The number of nitrogens with zero attached hydrogens (tertiary/aromatic N) is 5. The second kappa shape index (κ2) is 8.32. The Kier molecular flexibility index (Phi) is 5.37. The van der Waals surface area contributed by atoms with Crippen LogP contribution in [0.5, 0.6) is 0 Å². The molecule has 1 aliphatic rings. The van der Waals surface area contributed by atoms with E-state index in [1.165, 1.54) is 23.5 Å². The van der Waals surface area contributed by atoms with Gasteiger partial charge in [-0.1, -0.05) is 23.5 Å². The largest absolute Gasteiger partial charge is 0.344 e. The third-order valence-corrected chi connectivity index (χ3v) is 7.48. The fourth-order valence-electron chi connectivity index (χ4n) is 3.64. The summed E-state index contributed by atoms with van der Waals surface area (Å²) in [4.78, 5) is 32.5. The Morgan fingerprint density at radius 1 is 1.06 bits per heavy atom. The van der Waals surface area contributed by atoms with Gasteiger partial charge in [-0.3, -0.25) is 4.79 Å². The number of carbonyl (C=O) groups excluding carboxylic acids is 1. The highest BCUT2D eigenvalue weighted by Gasteiger charge is 2.26. The second-order valence-corrected chi connectivity index (χ2v) is 9.47. The number of pyridine rings is 1. The van der Waals surface area contributed by atoms with E-state index in [1.807, 2.05) is 24.0 Å². The summed E-state index contributed by atoms with van der Waals surface area (Å²) in [7, 11) is 0. The fourth-order valence-corrected chi connectivity index (χ4v) is 5.67. The van der Waals surface area contributed by atoms with Gasteiger partial charge in [-0.05, 0) is 36.8 Å². The van der Waals surface area contributed by atoms with E-state index in [0.717, 1.165) is 44.8 Å². The number of hydrogen-bond donors (Lipinski definition) is 0. The third-order valence-electron chi connectivity index (χ3n) is 5.30. The van der Waals surface area contributed by atoms with E-state index in [4.69, 9.17) is 0 Å². The quantitative estimate of drug-likeness (QED) is 0.465. The van der Waals surface area contributed by atoms with Crippen molar-refractivity contribution in [2.75, 3.05) is 31.1 Å². The molecule has 1 fully saturated rings. The summed E-state index contributed by atoms with van der Waals surface area (Å²) >= 11 is 3.02. The molecule has 1 aliphatic heterocycles. The first-order valence-electron chi connectivity index (χ1n) is 10.0. The molecule has 1 saturated heterocycles. The summed E-state index contributed by atoms with van der Waals surface area (Å²) in [6.45, 7) is 4.65. The van der Waals surface area contributed by atoms with Crippen LogP contribution in [0, 0.1) is 12.7 Å². The number of halogens is 1. The normalized spacial score (nSPS) is 14.4. The minimum Gasteiger partial charge on any atom is -0.344 e.